The third kappa shape index (κ3) is 5.16. The van der Waals surface area contributed by atoms with E-state index in [-0.39, 0.29) is 12.0 Å². The zero-order chi connectivity index (χ0) is 15.3. The maximum Gasteiger partial charge on any atom is 0.326 e. The van der Waals surface area contributed by atoms with E-state index in [0.29, 0.717) is 6.42 Å². The van der Waals surface area contributed by atoms with Crippen molar-refractivity contribution in [3.8, 4) is 0 Å². The van der Waals surface area contributed by atoms with Crippen LogP contribution in [0.25, 0.3) is 0 Å². The molecule has 0 aliphatic rings. The molecule has 0 radical (unpaired) electrons. The van der Waals surface area contributed by atoms with Crippen LogP contribution in [0.4, 0.5) is 4.79 Å². The summed E-state index contributed by atoms with van der Waals surface area (Å²) in [5.74, 6) is -0.831. The number of carboxylic acid groups (broad SMARTS) is 1. The molecule has 0 aliphatic heterocycles. The Morgan fingerprint density at radius 2 is 2.00 bits per heavy atom. The summed E-state index contributed by atoms with van der Waals surface area (Å²) in [4.78, 5) is 28.2. The van der Waals surface area contributed by atoms with Crippen LogP contribution in [0, 0.1) is 12.8 Å². The molecule has 7 heteroatoms. The second-order valence-corrected chi connectivity index (χ2v) is 6.44. The van der Waals surface area contributed by atoms with Gasteiger partial charge in [-0.25, -0.2) is 14.6 Å². The van der Waals surface area contributed by atoms with Crippen molar-refractivity contribution in [2.75, 3.05) is 0 Å². The van der Waals surface area contributed by atoms with Crippen LogP contribution < -0.4 is 10.6 Å². The van der Waals surface area contributed by atoms with Gasteiger partial charge in [-0.05, 0) is 26.2 Å². The second-order valence-electron chi connectivity index (χ2n) is 5.17. The van der Waals surface area contributed by atoms with Crippen molar-refractivity contribution in [2.45, 2.75) is 46.2 Å². The number of thiazole rings is 1. The Bertz CT molecular complexity index is 473. The fraction of sp³-hybridized carbons (Fsp3) is 0.615. The lowest BCUT2D eigenvalue weighted by atomic mass is 10.0. The number of rotatable bonds is 6. The molecule has 0 saturated heterocycles. The number of carbonyl (C=O) groups excluding carboxylic acids is 1. The van der Waals surface area contributed by atoms with Crippen LogP contribution in [0.15, 0.2) is 6.20 Å². The Kier molecular flexibility index (Phi) is 5.94. The first-order chi connectivity index (χ1) is 9.29. The van der Waals surface area contributed by atoms with E-state index in [1.807, 2.05) is 27.7 Å². The minimum Gasteiger partial charge on any atom is -0.480 e. The predicted octanol–water partition coefficient (Wildman–Crippen LogP) is 2.31. The van der Waals surface area contributed by atoms with Crippen LogP contribution in [0.5, 0.6) is 0 Å². The first-order valence-corrected chi connectivity index (χ1v) is 7.33. The number of nitrogens with zero attached hydrogens (tertiary/aromatic N) is 1. The van der Waals surface area contributed by atoms with E-state index in [0.717, 1.165) is 9.88 Å². The van der Waals surface area contributed by atoms with Crippen LogP contribution in [0.2, 0.25) is 0 Å². The Morgan fingerprint density at radius 1 is 1.35 bits per heavy atom. The maximum absolute atomic E-state index is 11.8. The van der Waals surface area contributed by atoms with Crippen LogP contribution in [0.3, 0.4) is 0 Å². The summed E-state index contributed by atoms with van der Waals surface area (Å²) in [5.41, 5.74) is 0. The lowest BCUT2D eigenvalue weighted by Gasteiger charge is -2.18. The van der Waals surface area contributed by atoms with E-state index < -0.39 is 18.0 Å². The van der Waals surface area contributed by atoms with Crippen LogP contribution >= 0.6 is 11.3 Å². The van der Waals surface area contributed by atoms with Gasteiger partial charge in [0.2, 0.25) is 0 Å². The van der Waals surface area contributed by atoms with E-state index in [1.54, 1.807) is 6.20 Å². The van der Waals surface area contributed by atoms with Crippen molar-refractivity contribution in [3.63, 3.8) is 0 Å². The topological polar surface area (TPSA) is 91.3 Å². The zero-order valence-corrected chi connectivity index (χ0v) is 13.0. The molecule has 20 heavy (non-hydrogen) atoms. The number of aromatic nitrogens is 1. The Balaban J connectivity index is 2.55. The predicted molar refractivity (Wildman–Crippen MR) is 77.8 cm³/mol. The fourth-order valence-electron chi connectivity index (χ4n) is 1.72. The Morgan fingerprint density at radius 3 is 2.45 bits per heavy atom. The number of amides is 2. The summed E-state index contributed by atoms with van der Waals surface area (Å²) in [7, 11) is 0. The molecule has 0 bridgehead atoms. The molecule has 0 aliphatic carbocycles. The SMILES string of the molecule is Cc1cnc(C(C)NC(=O)N[C@@H](CC(C)C)C(=O)O)s1. The number of aryl methyl sites for hydroxylation is 1. The number of hydrogen-bond donors (Lipinski definition) is 3. The third-order valence-electron chi connectivity index (χ3n) is 2.67. The number of urea groups is 1. The zero-order valence-electron chi connectivity index (χ0n) is 12.1. The number of aliphatic carboxylic acids is 1. The summed E-state index contributed by atoms with van der Waals surface area (Å²) < 4.78 is 0. The average Bonchev–Trinajstić information content (AvgIpc) is 2.74. The highest BCUT2D eigenvalue weighted by molar-refractivity contribution is 7.11. The van der Waals surface area contributed by atoms with Gasteiger partial charge in [0.05, 0.1) is 6.04 Å². The van der Waals surface area contributed by atoms with Gasteiger partial charge in [0, 0.05) is 11.1 Å². The van der Waals surface area contributed by atoms with Gasteiger partial charge in [0.1, 0.15) is 11.0 Å². The Labute approximate surface area is 122 Å². The Hall–Kier alpha value is -1.63. The van der Waals surface area contributed by atoms with Gasteiger partial charge in [0.25, 0.3) is 0 Å². The van der Waals surface area contributed by atoms with E-state index in [2.05, 4.69) is 15.6 Å². The molecule has 3 N–H and O–H groups in total. The molecule has 112 valence electrons. The molecule has 1 unspecified atom stereocenters. The standard InChI is InChI=1S/C13H21N3O3S/c1-7(2)5-10(12(17)18)16-13(19)15-9(4)11-14-6-8(3)20-11/h6-7,9-10H,5H2,1-4H3,(H,17,18)(H2,15,16,19)/t9?,10-/m0/s1. The number of nitrogens with one attached hydrogen (secondary N) is 2. The summed E-state index contributed by atoms with van der Waals surface area (Å²) >= 11 is 1.50. The fourth-order valence-corrected chi connectivity index (χ4v) is 2.50. The third-order valence-corrected chi connectivity index (χ3v) is 3.76. The molecule has 1 heterocycles. The van der Waals surface area contributed by atoms with E-state index in [9.17, 15) is 9.59 Å². The smallest absolute Gasteiger partial charge is 0.326 e. The summed E-state index contributed by atoms with van der Waals surface area (Å²) in [6.45, 7) is 7.58. The van der Waals surface area contributed by atoms with Gasteiger partial charge in [-0.2, -0.15) is 0 Å². The molecule has 0 aromatic carbocycles. The normalized spacial score (nSPS) is 13.8. The first-order valence-electron chi connectivity index (χ1n) is 6.51. The minimum absolute atomic E-state index is 0.190. The van der Waals surface area contributed by atoms with Crippen molar-refractivity contribution >= 4 is 23.3 Å². The number of carbonyl (C=O) groups is 2. The average molecular weight is 299 g/mol. The summed E-state index contributed by atoms with van der Waals surface area (Å²) in [6, 6.07) is -1.61. The van der Waals surface area contributed by atoms with E-state index in [4.69, 9.17) is 5.11 Å². The van der Waals surface area contributed by atoms with Gasteiger partial charge in [0.15, 0.2) is 0 Å². The molecular formula is C13H21N3O3S. The van der Waals surface area contributed by atoms with Crippen molar-refractivity contribution in [2.24, 2.45) is 5.92 Å². The second kappa shape index (κ2) is 7.23. The lowest BCUT2D eigenvalue weighted by molar-refractivity contribution is -0.139. The molecule has 0 saturated carbocycles. The molecule has 2 atom stereocenters. The van der Waals surface area contributed by atoms with Gasteiger partial charge in [-0.3, -0.25) is 0 Å². The molecule has 0 fully saturated rings. The quantitative estimate of drug-likeness (QED) is 0.751. The monoisotopic (exact) mass is 299 g/mol. The highest BCUT2D eigenvalue weighted by Gasteiger charge is 2.22. The molecular weight excluding hydrogens is 278 g/mol. The van der Waals surface area contributed by atoms with E-state index >= 15 is 0 Å². The van der Waals surface area contributed by atoms with Gasteiger partial charge >= 0.3 is 12.0 Å². The molecule has 1 rings (SSSR count). The number of carboxylic acids is 1. The summed E-state index contributed by atoms with van der Waals surface area (Å²) in [5, 5.41) is 15.1. The minimum atomic E-state index is -1.02. The van der Waals surface area contributed by atoms with Crippen molar-refractivity contribution in [1.82, 2.24) is 15.6 Å². The van der Waals surface area contributed by atoms with Gasteiger partial charge < -0.3 is 15.7 Å². The van der Waals surface area contributed by atoms with Crippen LogP contribution in [-0.4, -0.2) is 28.1 Å². The van der Waals surface area contributed by atoms with Crippen LogP contribution in [0.1, 0.15) is 43.1 Å². The van der Waals surface area contributed by atoms with E-state index in [1.165, 1.54) is 11.3 Å². The first kappa shape index (κ1) is 16.4. The van der Waals surface area contributed by atoms with Crippen molar-refractivity contribution in [1.29, 1.82) is 0 Å². The van der Waals surface area contributed by atoms with Crippen molar-refractivity contribution < 1.29 is 14.7 Å². The molecule has 0 spiro atoms. The number of hydrogen-bond acceptors (Lipinski definition) is 4. The lowest BCUT2D eigenvalue weighted by Crippen LogP contribution is -2.47. The largest absolute Gasteiger partial charge is 0.480 e. The molecule has 1 aromatic heterocycles. The maximum atomic E-state index is 11.8. The van der Waals surface area contributed by atoms with Crippen LogP contribution in [-0.2, 0) is 4.79 Å². The highest BCUT2D eigenvalue weighted by Crippen LogP contribution is 2.18. The molecule has 2 amide bonds. The van der Waals surface area contributed by atoms with Gasteiger partial charge in [-0.15, -0.1) is 11.3 Å². The van der Waals surface area contributed by atoms with Gasteiger partial charge in [-0.1, -0.05) is 13.8 Å². The highest BCUT2D eigenvalue weighted by atomic mass is 32.1. The van der Waals surface area contributed by atoms with Crippen molar-refractivity contribution in [3.05, 3.63) is 16.1 Å². The molecule has 1 aromatic rings. The summed E-state index contributed by atoms with van der Waals surface area (Å²) in [6.07, 6.45) is 2.14. The molecule has 6 nitrogen and oxygen atoms in total.